The molecule has 1 radical (unpaired) electrons. The molecular formula is C6H9O4. The van der Waals surface area contributed by atoms with E-state index in [-0.39, 0.29) is 12.5 Å². The van der Waals surface area contributed by atoms with Crippen LogP contribution in [0.2, 0.25) is 0 Å². The second kappa shape index (κ2) is 1.71. The second-order valence-corrected chi connectivity index (χ2v) is 2.94. The fourth-order valence-corrected chi connectivity index (χ4v) is 1.71. The Balaban J connectivity index is 2.12. The van der Waals surface area contributed by atoms with Crippen LogP contribution in [0, 0.1) is 5.92 Å². The van der Waals surface area contributed by atoms with Crippen LogP contribution in [0.3, 0.4) is 0 Å². The molecule has 4 heteroatoms. The Morgan fingerprint density at radius 2 is 2.40 bits per heavy atom. The van der Waals surface area contributed by atoms with Crippen molar-refractivity contribution in [1.29, 1.82) is 0 Å². The molecule has 2 fully saturated rings. The van der Waals surface area contributed by atoms with Gasteiger partial charge in [-0.15, -0.1) is 0 Å². The van der Waals surface area contributed by atoms with E-state index < -0.39 is 17.8 Å². The predicted octanol–water partition coefficient (Wildman–Crippen LogP) is -1.46. The van der Waals surface area contributed by atoms with Gasteiger partial charge in [0, 0.05) is 5.92 Å². The van der Waals surface area contributed by atoms with Gasteiger partial charge in [0.05, 0.1) is 13.2 Å². The van der Waals surface area contributed by atoms with Crippen LogP contribution in [-0.4, -0.2) is 41.2 Å². The van der Waals surface area contributed by atoms with Crippen molar-refractivity contribution in [2.24, 2.45) is 5.92 Å². The lowest BCUT2D eigenvalue weighted by molar-refractivity contribution is -0.384. The Kier molecular flexibility index (Phi) is 1.12. The molecule has 0 spiro atoms. The number of hydrogen-bond donors (Lipinski definition) is 2. The molecule has 0 aromatic heterocycles. The predicted molar refractivity (Wildman–Crippen MR) is 29.7 cm³/mol. The van der Waals surface area contributed by atoms with E-state index in [1.165, 1.54) is 0 Å². The van der Waals surface area contributed by atoms with Gasteiger partial charge in [-0.25, -0.2) is 5.11 Å². The summed E-state index contributed by atoms with van der Waals surface area (Å²) in [6.45, 7) is 0.156. The van der Waals surface area contributed by atoms with Crippen LogP contribution in [0.5, 0.6) is 0 Å². The topological polar surface area (TPSA) is 69.6 Å². The van der Waals surface area contributed by atoms with Gasteiger partial charge in [-0.3, -0.25) is 0 Å². The van der Waals surface area contributed by atoms with Crippen LogP contribution in [0.1, 0.15) is 0 Å². The molecule has 0 amide bonds. The van der Waals surface area contributed by atoms with Crippen LogP contribution in [0.25, 0.3) is 0 Å². The first-order chi connectivity index (χ1) is 4.72. The highest BCUT2D eigenvalue weighted by Gasteiger charge is 2.69. The fourth-order valence-electron chi connectivity index (χ4n) is 1.71. The molecule has 1 aliphatic carbocycles. The first-order valence-electron chi connectivity index (χ1n) is 3.31. The molecule has 0 aromatic rings. The quantitative estimate of drug-likeness (QED) is 0.473. The van der Waals surface area contributed by atoms with Crippen molar-refractivity contribution in [1.82, 2.24) is 0 Å². The zero-order valence-corrected chi connectivity index (χ0v) is 5.36. The van der Waals surface area contributed by atoms with E-state index in [4.69, 9.17) is 14.9 Å². The molecule has 1 saturated heterocycles. The smallest absolute Gasteiger partial charge is 0.130 e. The number of hydrogen-bond acceptors (Lipinski definition) is 3. The van der Waals surface area contributed by atoms with Crippen LogP contribution in [0.4, 0.5) is 0 Å². The minimum absolute atomic E-state index is 0.160. The third kappa shape index (κ3) is 0.441. The molecule has 0 aromatic carbocycles. The number of fused-ring (bicyclic) bond motifs is 1. The third-order valence-electron chi connectivity index (χ3n) is 2.61. The number of ether oxygens (including phenoxy) is 1. The van der Waals surface area contributed by atoms with Crippen molar-refractivity contribution in [3.05, 3.63) is 0 Å². The number of aliphatic hydroxyl groups excluding tert-OH is 2. The summed E-state index contributed by atoms with van der Waals surface area (Å²) in [6.07, 6.45) is -1.95. The highest BCUT2D eigenvalue weighted by Crippen LogP contribution is 2.49. The molecule has 2 N–H and O–H groups in total. The molecule has 10 heavy (non-hydrogen) atoms. The van der Waals surface area contributed by atoms with E-state index in [1.54, 1.807) is 0 Å². The summed E-state index contributed by atoms with van der Waals surface area (Å²) in [5.74, 6) is -0.160. The Bertz CT molecular complexity index is 148. The molecule has 1 saturated carbocycles. The van der Waals surface area contributed by atoms with Gasteiger partial charge in [-0.2, -0.15) is 0 Å². The number of rotatable bonds is 1. The van der Waals surface area contributed by atoms with E-state index >= 15 is 0 Å². The monoisotopic (exact) mass is 145 g/mol. The lowest BCUT2D eigenvalue weighted by Gasteiger charge is -2.61. The lowest BCUT2D eigenvalue weighted by atomic mass is 9.61. The Hall–Kier alpha value is -0.160. The summed E-state index contributed by atoms with van der Waals surface area (Å²) < 4.78 is 4.95. The van der Waals surface area contributed by atoms with Gasteiger partial charge in [0.25, 0.3) is 0 Å². The van der Waals surface area contributed by atoms with Gasteiger partial charge in [0.15, 0.2) is 0 Å². The molecule has 2 rings (SSSR count). The Labute approximate surface area is 58.0 Å². The average Bonchev–Trinajstić information content (AvgIpc) is 1.88. The highest BCUT2D eigenvalue weighted by molar-refractivity contribution is 5.16. The lowest BCUT2D eigenvalue weighted by Crippen LogP contribution is -2.80. The maximum atomic E-state index is 10.8. The molecule has 1 heterocycles. The minimum atomic E-state index is -1.00. The first kappa shape index (κ1) is 6.54. The molecule has 57 valence electrons. The van der Waals surface area contributed by atoms with E-state index in [9.17, 15) is 5.11 Å². The molecule has 1 aliphatic heterocycles. The molecule has 2 aliphatic rings. The fraction of sp³-hybridized carbons (Fsp3) is 1.00. The normalized spacial score (nSPS) is 58.5. The third-order valence-corrected chi connectivity index (χ3v) is 2.61. The second-order valence-electron chi connectivity index (χ2n) is 2.94. The zero-order chi connectivity index (χ0) is 7.35. The van der Waals surface area contributed by atoms with Crippen LogP contribution < -0.4 is 0 Å². The van der Waals surface area contributed by atoms with Crippen molar-refractivity contribution in [2.75, 3.05) is 13.2 Å². The molecule has 4 nitrogen and oxygen atoms in total. The summed E-state index contributed by atoms with van der Waals surface area (Å²) in [5.41, 5.74) is -0.869. The number of aliphatic hydroxyl groups is 2. The van der Waals surface area contributed by atoms with Crippen molar-refractivity contribution in [3.8, 4) is 0 Å². The summed E-state index contributed by atoms with van der Waals surface area (Å²) in [7, 11) is 0. The van der Waals surface area contributed by atoms with Gasteiger partial charge in [0.1, 0.15) is 17.8 Å². The van der Waals surface area contributed by atoms with Gasteiger partial charge in [-0.1, -0.05) is 0 Å². The molecule has 0 unspecified atom stereocenters. The van der Waals surface area contributed by atoms with Crippen molar-refractivity contribution in [2.45, 2.75) is 17.8 Å². The standard InChI is InChI=1S/C6H9O4/c7-2-6-3(1-10-6)4(8)5(6)9/h3-5,7,9H,1-2H2/t3-,4-,5+,6+/m0/s1. The van der Waals surface area contributed by atoms with Crippen molar-refractivity contribution < 1.29 is 20.1 Å². The van der Waals surface area contributed by atoms with E-state index in [0.717, 1.165) is 0 Å². The van der Waals surface area contributed by atoms with E-state index in [2.05, 4.69) is 0 Å². The van der Waals surface area contributed by atoms with Gasteiger partial charge in [-0.05, 0) is 0 Å². The summed E-state index contributed by atoms with van der Waals surface area (Å²) in [5, 5.41) is 28.6. The van der Waals surface area contributed by atoms with Gasteiger partial charge in [0.2, 0.25) is 0 Å². The molecule has 0 bridgehead atoms. The molecular weight excluding hydrogens is 136 g/mol. The molecule has 4 atom stereocenters. The zero-order valence-electron chi connectivity index (χ0n) is 5.36. The summed E-state index contributed by atoms with van der Waals surface area (Å²) in [4.78, 5) is 0. The largest absolute Gasteiger partial charge is 0.393 e. The van der Waals surface area contributed by atoms with E-state index in [1.807, 2.05) is 0 Å². The SMILES string of the molecule is [O][C@@H]1[C@@H](O)[C@]2(CO)OC[C@@H]12. The van der Waals surface area contributed by atoms with Gasteiger partial charge < -0.3 is 14.9 Å². The van der Waals surface area contributed by atoms with Gasteiger partial charge >= 0.3 is 0 Å². The minimum Gasteiger partial charge on any atom is -0.393 e. The average molecular weight is 145 g/mol. The highest BCUT2D eigenvalue weighted by atomic mass is 16.6. The summed E-state index contributed by atoms with van der Waals surface area (Å²) in [6, 6.07) is 0. The van der Waals surface area contributed by atoms with Crippen LogP contribution >= 0.6 is 0 Å². The van der Waals surface area contributed by atoms with Crippen LogP contribution in [-0.2, 0) is 9.84 Å². The van der Waals surface area contributed by atoms with Crippen LogP contribution in [0.15, 0.2) is 0 Å². The Morgan fingerprint density at radius 1 is 1.70 bits per heavy atom. The van der Waals surface area contributed by atoms with Crippen molar-refractivity contribution in [3.63, 3.8) is 0 Å². The van der Waals surface area contributed by atoms with E-state index in [0.29, 0.717) is 6.61 Å². The summed E-state index contributed by atoms with van der Waals surface area (Å²) >= 11 is 0. The maximum absolute atomic E-state index is 10.8. The Morgan fingerprint density at radius 3 is 2.60 bits per heavy atom. The van der Waals surface area contributed by atoms with Crippen molar-refractivity contribution >= 4 is 0 Å². The first-order valence-corrected chi connectivity index (χ1v) is 3.31. The maximum Gasteiger partial charge on any atom is 0.130 e.